The highest BCUT2D eigenvalue weighted by molar-refractivity contribution is 7.99. The molecule has 0 spiro atoms. The molecule has 1 aliphatic rings. The van der Waals surface area contributed by atoms with Crippen molar-refractivity contribution in [3.05, 3.63) is 119 Å². The summed E-state index contributed by atoms with van der Waals surface area (Å²) in [7, 11) is 0. The van der Waals surface area contributed by atoms with Crippen LogP contribution >= 0.6 is 11.8 Å². The summed E-state index contributed by atoms with van der Waals surface area (Å²) in [6, 6.07) is 31.0. The molecule has 0 bridgehead atoms. The van der Waals surface area contributed by atoms with E-state index in [-0.39, 0.29) is 11.3 Å². The summed E-state index contributed by atoms with van der Waals surface area (Å²) in [6.07, 6.45) is 0.488. The molecule has 3 heterocycles. The van der Waals surface area contributed by atoms with Crippen molar-refractivity contribution in [3.63, 3.8) is 0 Å². The summed E-state index contributed by atoms with van der Waals surface area (Å²) in [4.78, 5) is 25.3. The Balaban J connectivity index is 1.42. The van der Waals surface area contributed by atoms with Crippen LogP contribution in [0.1, 0.15) is 17.2 Å². The van der Waals surface area contributed by atoms with Crippen molar-refractivity contribution in [2.75, 3.05) is 5.75 Å². The number of aromatic nitrogens is 2. The molecule has 1 N–H and O–H groups in total. The zero-order chi connectivity index (χ0) is 26.5. The molecular weight excluding hydrogens is 508 g/mol. The van der Waals surface area contributed by atoms with Crippen LogP contribution in [-0.4, -0.2) is 26.6 Å². The molecule has 1 unspecified atom stereocenters. The van der Waals surface area contributed by atoms with E-state index in [0.717, 1.165) is 43.8 Å². The number of rotatable bonds is 5. The lowest BCUT2D eigenvalue weighted by Gasteiger charge is -2.15. The first kappa shape index (κ1) is 23.5. The van der Waals surface area contributed by atoms with Crippen LogP contribution in [0.2, 0.25) is 0 Å². The van der Waals surface area contributed by atoms with Crippen molar-refractivity contribution >= 4 is 39.3 Å². The first-order chi connectivity index (χ1) is 19.1. The van der Waals surface area contributed by atoms with E-state index in [9.17, 15) is 14.7 Å². The Morgan fingerprint density at radius 3 is 2.38 bits per heavy atom. The van der Waals surface area contributed by atoms with Crippen molar-refractivity contribution in [2.45, 2.75) is 17.5 Å². The molecule has 0 fully saturated rings. The lowest BCUT2D eigenvalue weighted by Crippen LogP contribution is -2.29. The monoisotopic (exact) mass is 530 g/mol. The van der Waals surface area contributed by atoms with Gasteiger partial charge in [0.1, 0.15) is 11.7 Å². The molecule has 0 saturated carbocycles. The fourth-order valence-electron chi connectivity index (χ4n) is 5.52. The van der Waals surface area contributed by atoms with E-state index in [1.165, 1.54) is 16.3 Å². The highest BCUT2D eigenvalue weighted by Gasteiger charge is 2.34. The lowest BCUT2D eigenvalue weighted by atomic mass is 9.95. The fourth-order valence-corrected chi connectivity index (χ4v) is 6.86. The molecule has 0 aliphatic carbocycles. The molecule has 2 aromatic heterocycles. The van der Waals surface area contributed by atoms with Crippen LogP contribution in [0, 0.1) is 0 Å². The summed E-state index contributed by atoms with van der Waals surface area (Å²) in [5, 5.41) is 19.2. The minimum Gasteiger partial charge on any atom is -0.480 e. The van der Waals surface area contributed by atoms with Crippen molar-refractivity contribution in [2.24, 2.45) is 0 Å². The van der Waals surface area contributed by atoms with E-state index in [1.807, 2.05) is 48.5 Å². The van der Waals surface area contributed by atoms with Gasteiger partial charge in [-0.1, -0.05) is 90.1 Å². The van der Waals surface area contributed by atoms with Crippen LogP contribution in [0.15, 0.2) is 111 Å². The topological polar surface area (TPSA) is 85.3 Å². The van der Waals surface area contributed by atoms with Gasteiger partial charge in [-0.3, -0.25) is 9.36 Å². The number of carboxylic acid groups (broad SMARTS) is 1. The molecule has 7 heteroatoms. The number of hydrogen-bond acceptors (Lipinski definition) is 5. The average molecular weight is 531 g/mol. The van der Waals surface area contributed by atoms with Crippen LogP contribution in [-0.2, 0) is 11.2 Å². The second kappa shape index (κ2) is 9.29. The number of carboxylic acids is 1. The molecule has 6 aromatic rings. The Morgan fingerprint density at radius 2 is 1.59 bits per heavy atom. The van der Waals surface area contributed by atoms with Crippen LogP contribution in [0.3, 0.4) is 0 Å². The van der Waals surface area contributed by atoms with Gasteiger partial charge in [-0.05, 0) is 39.1 Å². The maximum atomic E-state index is 13.3. The van der Waals surface area contributed by atoms with Gasteiger partial charge in [-0.15, -0.1) is 11.8 Å². The molecule has 0 amide bonds. The molecule has 1 aliphatic heterocycles. The zero-order valence-corrected chi connectivity index (χ0v) is 21.5. The summed E-state index contributed by atoms with van der Waals surface area (Å²) in [5.41, 5.74) is 3.87. The maximum absolute atomic E-state index is 13.3. The minimum atomic E-state index is -1.02. The summed E-state index contributed by atoms with van der Waals surface area (Å²) in [5.74, 6) is -0.236. The van der Waals surface area contributed by atoms with Crippen LogP contribution in [0.4, 0.5) is 0 Å². The summed E-state index contributed by atoms with van der Waals surface area (Å²) >= 11 is 1.37. The van der Waals surface area contributed by atoms with Crippen LogP contribution in [0.25, 0.3) is 44.1 Å². The Kier molecular flexibility index (Phi) is 5.60. The zero-order valence-electron chi connectivity index (χ0n) is 20.7. The molecule has 4 aromatic carbocycles. The molecule has 7 rings (SSSR count). The van der Waals surface area contributed by atoms with E-state index in [2.05, 4.69) is 47.6 Å². The van der Waals surface area contributed by atoms with E-state index in [1.54, 1.807) is 6.07 Å². The maximum Gasteiger partial charge on any atom is 0.327 e. The third-order valence-electron chi connectivity index (χ3n) is 7.35. The third-order valence-corrected chi connectivity index (χ3v) is 8.50. The quantitative estimate of drug-likeness (QED) is 0.264. The number of benzene rings is 4. The molecule has 6 nitrogen and oxygen atoms in total. The van der Waals surface area contributed by atoms with Crippen molar-refractivity contribution in [1.29, 1.82) is 0 Å². The van der Waals surface area contributed by atoms with Crippen molar-refractivity contribution < 1.29 is 14.4 Å². The van der Waals surface area contributed by atoms with Gasteiger partial charge in [0, 0.05) is 23.4 Å². The summed E-state index contributed by atoms with van der Waals surface area (Å²) in [6.45, 7) is 0. The number of aliphatic carboxylic acids is 1. The number of hydrogen-bond donors (Lipinski definition) is 1. The smallest absolute Gasteiger partial charge is 0.327 e. The lowest BCUT2D eigenvalue weighted by molar-refractivity contribution is -0.140. The highest BCUT2D eigenvalue weighted by atomic mass is 32.2. The van der Waals surface area contributed by atoms with Crippen molar-refractivity contribution in [1.82, 2.24) is 9.72 Å². The van der Waals surface area contributed by atoms with Crippen molar-refractivity contribution in [3.8, 4) is 22.6 Å². The Morgan fingerprint density at radius 1 is 0.897 bits per heavy atom. The molecule has 1 atom stereocenters. The highest BCUT2D eigenvalue weighted by Crippen LogP contribution is 2.43. The van der Waals surface area contributed by atoms with Gasteiger partial charge in [-0.2, -0.15) is 0 Å². The minimum absolute atomic E-state index is 0.277. The average Bonchev–Trinajstić information content (AvgIpc) is 3.62. The van der Waals surface area contributed by atoms with Gasteiger partial charge in [0.2, 0.25) is 0 Å². The number of thioether (sulfide) groups is 1. The first-order valence-electron chi connectivity index (χ1n) is 12.6. The number of pyridine rings is 1. The number of nitrogens with zero attached hydrogens (tertiary/aromatic N) is 2. The summed E-state index contributed by atoms with van der Waals surface area (Å²) < 4.78 is 7.34. The van der Waals surface area contributed by atoms with Gasteiger partial charge in [0.25, 0.3) is 5.56 Å². The molecular formula is C32H22N2O4S. The third kappa shape index (κ3) is 3.94. The standard InChI is InChI=1S/C32H22N2O4S/c35-29-16-22(15-21-11-5-9-19-7-1-3-12-23(19)21)30(31-34(29)27(18-39-31)32(36)37)28-17-26(33-38-28)25-14-6-10-20-8-2-4-13-24(20)25/h1-14,16-17,27H,15,18H2,(H,36,37). The predicted molar refractivity (Wildman–Crippen MR) is 153 cm³/mol. The van der Waals surface area contributed by atoms with Gasteiger partial charge in [0.15, 0.2) is 5.76 Å². The Bertz CT molecular complexity index is 1960. The molecule has 0 radical (unpaired) electrons. The second-order valence-corrected chi connectivity index (χ2v) is 10.6. The first-order valence-corrected chi connectivity index (χ1v) is 13.6. The van der Waals surface area contributed by atoms with Crippen LogP contribution in [0.5, 0.6) is 0 Å². The predicted octanol–water partition coefficient (Wildman–Crippen LogP) is 6.80. The normalized spacial score (nSPS) is 14.6. The molecule has 190 valence electrons. The van der Waals surface area contributed by atoms with E-state index in [0.29, 0.717) is 22.9 Å². The van der Waals surface area contributed by atoms with Gasteiger partial charge in [-0.25, -0.2) is 4.79 Å². The van der Waals surface area contributed by atoms with Gasteiger partial charge in [0.05, 0.1) is 10.6 Å². The van der Waals surface area contributed by atoms with Crippen LogP contribution < -0.4 is 5.56 Å². The molecule has 0 saturated heterocycles. The number of fused-ring (bicyclic) bond motifs is 3. The number of carbonyl (C=O) groups is 1. The fraction of sp³-hybridized carbons (Fsp3) is 0.0938. The molecule has 39 heavy (non-hydrogen) atoms. The largest absolute Gasteiger partial charge is 0.480 e. The van der Waals surface area contributed by atoms with Gasteiger partial charge < -0.3 is 9.63 Å². The Hall–Kier alpha value is -4.62. The van der Waals surface area contributed by atoms with E-state index < -0.39 is 12.0 Å². The van der Waals surface area contributed by atoms with E-state index >= 15 is 0 Å². The Labute approximate surface area is 227 Å². The second-order valence-electron chi connectivity index (χ2n) is 9.64. The SMILES string of the molecule is O=C(O)C1CSc2c(-c3cc(-c4cccc5ccccc45)no3)c(Cc3cccc4ccccc34)cc(=O)n21. The van der Waals surface area contributed by atoms with E-state index in [4.69, 9.17) is 4.52 Å². The van der Waals surface area contributed by atoms with Gasteiger partial charge >= 0.3 is 5.97 Å².